The summed E-state index contributed by atoms with van der Waals surface area (Å²) in [5, 5.41) is 9.23. The Morgan fingerprint density at radius 3 is 2.62 bits per heavy atom. The van der Waals surface area contributed by atoms with Gasteiger partial charge in [-0.1, -0.05) is 19.1 Å². The molecule has 0 aromatic heterocycles. The van der Waals surface area contributed by atoms with Crippen LogP contribution >= 0.6 is 0 Å². The van der Waals surface area contributed by atoms with Gasteiger partial charge in [0.05, 0.1) is 10.5 Å². The fraction of sp³-hybridized carbons (Fsp3) is 0.400. The van der Waals surface area contributed by atoms with Crippen molar-refractivity contribution in [2.24, 2.45) is 0 Å². The highest BCUT2D eigenvalue weighted by molar-refractivity contribution is 7.89. The van der Waals surface area contributed by atoms with E-state index in [1.54, 1.807) is 12.1 Å². The number of aromatic carboxylic acids is 1. The molecule has 1 fully saturated rings. The summed E-state index contributed by atoms with van der Waals surface area (Å²) in [6.07, 6.45) is 3.77. The Labute approximate surface area is 124 Å². The molecule has 6 heteroatoms. The molecule has 21 heavy (non-hydrogen) atoms. The molecule has 1 aliphatic rings. The molecule has 0 atom stereocenters. The third-order valence-electron chi connectivity index (χ3n) is 3.56. The lowest BCUT2D eigenvalue weighted by Crippen LogP contribution is -2.33. The van der Waals surface area contributed by atoms with Crippen LogP contribution in [-0.4, -0.2) is 36.4 Å². The van der Waals surface area contributed by atoms with Gasteiger partial charge in [-0.25, -0.2) is 13.2 Å². The maximum absolute atomic E-state index is 12.7. The third-order valence-corrected chi connectivity index (χ3v) is 5.48. The van der Waals surface area contributed by atoms with Gasteiger partial charge >= 0.3 is 5.97 Å². The molecule has 1 aromatic rings. The normalized spacial score (nSPS) is 15.1. The van der Waals surface area contributed by atoms with Crippen molar-refractivity contribution in [1.29, 1.82) is 0 Å². The van der Waals surface area contributed by atoms with Crippen molar-refractivity contribution >= 4 is 16.0 Å². The number of rotatable bonds is 7. The predicted molar refractivity (Wildman–Crippen MR) is 79.9 cm³/mol. The highest BCUT2D eigenvalue weighted by atomic mass is 32.2. The minimum atomic E-state index is -3.68. The first kappa shape index (κ1) is 15.7. The summed E-state index contributed by atoms with van der Waals surface area (Å²) in [5.74, 6) is -1.11. The van der Waals surface area contributed by atoms with Gasteiger partial charge in [-0.2, -0.15) is 4.31 Å². The number of carboxylic acid groups (broad SMARTS) is 1. The van der Waals surface area contributed by atoms with Crippen LogP contribution in [0.15, 0.2) is 35.7 Å². The second kappa shape index (κ2) is 5.99. The third kappa shape index (κ3) is 3.16. The van der Waals surface area contributed by atoms with Crippen LogP contribution < -0.4 is 0 Å². The van der Waals surface area contributed by atoms with E-state index in [0.29, 0.717) is 12.0 Å². The second-order valence-corrected chi connectivity index (χ2v) is 6.96. The van der Waals surface area contributed by atoms with Gasteiger partial charge in [-0.3, -0.25) is 0 Å². The summed E-state index contributed by atoms with van der Waals surface area (Å²) in [7, 11) is -3.68. The van der Waals surface area contributed by atoms with Crippen LogP contribution in [-0.2, 0) is 16.4 Å². The zero-order valence-electron chi connectivity index (χ0n) is 11.9. The molecule has 1 N–H and O–H groups in total. The number of carbonyl (C=O) groups is 1. The van der Waals surface area contributed by atoms with Gasteiger partial charge in [0.15, 0.2) is 0 Å². The standard InChI is InChI=1S/C15H19NO4S/c1-3-9-16(12-6-7-12)21(19,20)13-8-5-11(4-2)14(10-13)15(17)18/h3,5,8,10,12H,1,4,6-7,9H2,2H3,(H,17,18). The van der Waals surface area contributed by atoms with Crippen molar-refractivity contribution in [2.75, 3.05) is 6.54 Å². The summed E-state index contributed by atoms with van der Waals surface area (Å²) in [5.41, 5.74) is 0.677. The van der Waals surface area contributed by atoms with Crippen LogP contribution in [0, 0.1) is 0 Å². The van der Waals surface area contributed by atoms with E-state index >= 15 is 0 Å². The Morgan fingerprint density at radius 1 is 1.48 bits per heavy atom. The van der Waals surface area contributed by atoms with Gasteiger partial charge in [-0.05, 0) is 37.0 Å². The molecular formula is C15H19NO4S. The average Bonchev–Trinajstić information content (AvgIpc) is 3.28. The lowest BCUT2D eigenvalue weighted by atomic mass is 10.1. The van der Waals surface area contributed by atoms with Crippen LogP contribution in [0.25, 0.3) is 0 Å². The quantitative estimate of drug-likeness (QED) is 0.784. The number of hydrogen-bond donors (Lipinski definition) is 1. The minimum absolute atomic E-state index is 0.00660. The number of nitrogens with zero attached hydrogens (tertiary/aromatic N) is 1. The lowest BCUT2D eigenvalue weighted by Gasteiger charge is -2.20. The molecule has 0 bridgehead atoms. The van der Waals surface area contributed by atoms with E-state index in [4.69, 9.17) is 0 Å². The summed E-state index contributed by atoms with van der Waals surface area (Å²) >= 11 is 0. The minimum Gasteiger partial charge on any atom is -0.478 e. The fourth-order valence-electron chi connectivity index (χ4n) is 2.29. The van der Waals surface area contributed by atoms with E-state index in [0.717, 1.165) is 12.8 Å². The average molecular weight is 309 g/mol. The molecule has 1 aromatic carbocycles. The van der Waals surface area contributed by atoms with Gasteiger partial charge in [0.2, 0.25) is 10.0 Å². The van der Waals surface area contributed by atoms with Crippen molar-refractivity contribution in [3.63, 3.8) is 0 Å². The van der Waals surface area contributed by atoms with Crippen molar-refractivity contribution in [3.8, 4) is 0 Å². The van der Waals surface area contributed by atoms with Crippen LogP contribution in [0.4, 0.5) is 0 Å². The molecule has 1 saturated carbocycles. The SMILES string of the molecule is C=CCN(C1CC1)S(=O)(=O)c1ccc(CC)c(C(=O)O)c1. The maximum atomic E-state index is 12.7. The molecule has 5 nitrogen and oxygen atoms in total. The van der Waals surface area contributed by atoms with Gasteiger partial charge in [0.1, 0.15) is 0 Å². The van der Waals surface area contributed by atoms with Gasteiger partial charge in [0.25, 0.3) is 0 Å². The monoisotopic (exact) mass is 309 g/mol. The van der Waals surface area contributed by atoms with E-state index < -0.39 is 16.0 Å². The Bertz CT molecular complexity index is 662. The van der Waals surface area contributed by atoms with E-state index in [9.17, 15) is 18.3 Å². The van der Waals surface area contributed by atoms with Crippen LogP contribution in [0.3, 0.4) is 0 Å². The second-order valence-electron chi connectivity index (χ2n) is 5.07. The fourth-order valence-corrected chi connectivity index (χ4v) is 3.97. The molecule has 0 amide bonds. The van der Waals surface area contributed by atoms with E-state index in [-0.39, 0.29) is 23.0 Å². The largest absolute Gasteiger partial charge is 0.478 e. The number of benzene rings is 1. The first-order valence-electron chi connectivity index (χ1n) is 6.90. The van der Waals surface area contributed by atoms with Gasteiger partial charge in [-0.15, -0.1) is 6.58 Å². The number of carboxylic acids is 1. The Balaban J connectivity index is 2.46. The van der Waals surface area contributed by atoms with Gasteiger partial charge in [0, 0.05) is 12.6 Å². The zero-order valence-corrected chi connectivity index (χ0v) is 12.8. The molecule has 2 rings (SSSR count). The van der Waals surface area contributed by atoms with Crippen LogP contribution in [0.2, 0.25) is 0 Å². The smallest absolute Gasteiger partial charge is 0.336 e. The number of aryl methyl sites for hydroxylation is 1. The number of sulfonamides is 1. The van der Waals surface area contributed by atoms with Crippen molar-refractivity contribution in [2.45, 2.75) is 37.1 Å². The topological polar surface area (TPSA) is 74.7 Å². The Hall–Kier alpha value is -1.66. The Kier molecular flexibility index (Phi) is 4.49. The van der Waals surface area contributed by atoms with Crippen LogP contribution in [0.1, 0.15) is 35.7 Å². The molecular weight excluding hydrogens is 290 g/mol. The van der Waals surface area contributed by atoms with E-state index in [1.807, 2.05) is 6.92 Å². The predicted octanol–water partition coefficient (Wildman–Crippen LogP) is 2.29. The maximum Gasteiger partial charge on any atom is 0.336 e. The molecule has 0 unspecified atom stereocenters. The number of hydrogen-bond acceptors (Lipinski definition) is 3. The van der Waals surface area contributed by atoms with E-state index in [2.05, 4.69) is 6.58 Å². The molecule has 0 aliphatic heterocycles. The van der Waals surface area contributed by atoms with Gasteiger partial charge < -0.3 is 5.11 Å². The lowest BCUT2D eigenvalue weighted by molar-refractivity contribution is 0.0695. The first-order chi connectivity index (χ1) is 9.91. The zero-order chi connectivity index (χ0) is 15.6. The molecule has 0 spiro atoms. The van der Waals surface area contributed by atoms with Crippen molar-refractivity contribution in [3.05, 3.63) is 42.0 Å². The molecule has 114 valence electrons. The highest BCUT2D eigenvalue weighted by Gasteiger charge is 2.37. The summed E-state index contributed by atoms with van der Waals surface area (Å²) in [4.78, 5) is 11.3. The van der Waals surface area contributed by atoms with E-state index in [1.165, 1.54) is 16.4 Å². The summed E-state index contributed by atoms with van der Waals surface area (Å²) < 4.78 is 26.7. The molecule has 1 aliphatic carbocycles. The summed E-state index contributed by atoms with van der Waals surface area (Å²) in [6, 6.07) is 4.33. The molecule has 0 heterocycles. The molecule has 0 saturated heterocycles. The van der Waals surface area contributed by atoms with Crippen molar-refractivity contribution < 1.29 is 18.3 Å². The van der Waals surface area contributed by atoms with Crippen molar-refractivity contribution in [1.82, 2.24) is 4.31 Å². The highest BCUT2D eigenvalue weighted by Crippen LogP contribution is 2.32. The van der Waals surface area contributed by atoms with Crippen LogP contribution in [0.5, 0.6) is 0 Å². The Morgan fingerprint density at radius 2 is 2.14 bits per heavy atom. The molecule has 0 radical (unpaired) electrons. The first-order valence-corrected chi connectivity index (χ1v) is 8.34. The summed E-state index contributed by atoms with van der Waals surface area (Å²) in [6.45, 7) is 5.67.